The van der Waals surface area contributed by atoms with Crippen LogP contribution in [-0.2, 0) is 0 Å². The molecule has 0 saturated carbocycles. The van der Waals surface area contributed by atoms with Crippen LogP contribution in [0.5, 0.6) is 0 Å². The van der Waals surface area contributed by atoms with E-state index in [2.05, 4.69) is 50.3 Å². The summed E-state index contributed by atoms with van der Waals surface area (Å²) in [5.74, 6) is 0. The molecule has 0 nitrogen and oxygen atoms in total. The molecular formula is C16H27. The molecule has 0 N–H and O–H groups in total. The van der Waals surface area contributed by atoms with Crippen LogP contribution in [0, 0.1) is 6.92 Å². The molecule has 0 unspecified atom stereocenters. The molecule has 1 radical (unpaired) electrons. The van der Waals surface area contributed by atoms with Crippen LogP contribution in [-0.4, -0.2) is 0 Å². The fourth-order valence-electron chi connectivity index (χ4n) is 1.41. The maximum Gasteiger partial charge on any atom is -0.0313 e. The molecule has 0 heterocycles. The highest BCUT2D eigenvalue weighted by Gasteiger charge is 1.81. The van der Waals surface area contributed by atoms with Gasteiger partial charge in [-0.25, -0.2) is 0 Å². The molecule has 16 heavy (non-hydrogen) atoms. The van der Waals surface area contributed by atoms with Crippen LogP contribution in [0.15, 0.2) is 36.5 Å². The molecule has 0 aromatic heterocycles. The molecule has 0 aliphatic rings. The summed E-state index contributed by atoms with van der Waals surface area (Å²) in [5, 5.41) is 0. The third kappa shape index (κ3) is 13.2. The molecule has 0 spiro atoms. The van der Waals surface area contributed by atoms with Gasteiger partial charge in [0.15, 0.2) is 0 Å². The summed E-state index contributed by atoms with van der Waals surface area (Å²) >= 11 is 0. The van der Waals surface area contributed by atoms with Crippen LogP contribution >= 0.6 is 0 Å². The monoisotopic (exact) mass is 219 g/mol. The highest BCUT2D eigenvalue weighted by molar-refractivity contribution is 5.02. The second-order valence-electron chi connectivity index (χ2n) is 4.04. The van der Waals surface area contributed by atoms with Crippen LogP contribution < -0.4 is 0 Å². The van der Waals surface area contributed by atoms with Gasteiger partial charge in [0.1, 0.15) is 0 Å². The van der Waals surface area contributed by atoms with E-state index in [1.54, 1.807) is 0 Å². The molecule has 0 aliphatic heterocycles. The van der Waals surface area contributed by atoms with Crippen LogP contribution in [0.3, 0.4) is 0 Å². The molecule has 0 rings (SSSR count). The lowest BCUT2D eigenvalue weighted by molar-refractivity contribution is 0.728. The Labute approximate surface area is 102 Å². The molecular weight excluding hydrogens is 192 g/mol. The third-order valence-electron chi connectivity index (χ3n) is 2.40. The van der Waals surface area contributed by atoms with Crippen molar-refractivity contribution >= 4 is 0 Å². The smallest absolute Gasteiger partial charge is 0.0313 e. The second-order valence-corrected chi connectivity index (χ2v) is 4.04. The van der Waals surface area contributed by atoms with Crippen molar-refractivity contribution in [3.8, 4) is 0 Å². The fraction of sp³-hybridized carbons (Fsp3) is 0.562. The second kappa shape index (κ2) is 14.2. The van der Waals surface area contributed by atoms with E-state index < -0.39 is 0 Å². The average Bonchev–Trinajstić information content (AvgIpc) is 2.31. The van der Waals surface area contributed by atoms with Gasteiger partial charge in [0.25, 0.3) is 0 Å². The van der Waals surface area contributed by atoms with E-state index in [1.807, 2.05) is 0 Å². The first-order valence-electron chi connectivity index (χ1n) is 6.67. The highest BCUT2D eigenvalue weighted by atomic mass is 13.9. The van der Waals surface area contributed by atoms with E-state index in [0.29, 0.717) is 0 Å². The zero-order valence-corrected chi connectivity index (χ0v) is 10.8. The Hall–Kier alpha value is -0.780. The van der Waals surface area contributed by atoms with Crippen LogP contribution in [0.4, 0.5) is 0 Å². The van der Waals surface area contributed by atoms with E-state index in [1.165, 1.54) is 32.1 Å². The summed E-state index contributed by atoms with van der Waals surface area (Å²) in [5.41, 5.74) is 0. The van der Waals surface area contributed by atoms with Gasteiger partial charge in [0.2, 0.25) is 0 Å². The Morgan fingerprint density at radius 1 is 0.750 bits per heavy atom. The number of unbranched alkanes of at least 4 members (excludes halogenated alkanes) is 5. The number of allylic oxidation sites excluding steroid dienone is 6. The van der Waals surface area contributed by atoms with Crippen LogP contribution in [0.1, 0.15) is 58.3 Å². The summed E-state index contributed by atoms with van der Waals surface area (Å²) in [4.78, 5) is 0. The lowest BCUT2D eigenvalue weighted by Crippen LogP contribution is -1.71. The summed E-state index contributed by atoms with van der Waals surface area (Å²) in [6.45, 7) is 6.04. The minimum absolute atomic E-state index is 0.991. The Morgan fingerprint density at radius 3 is 2.06 bits per heavy atom. The van der Waals surface area contributed by atoms with Gasteiger partial charge in [-0.15, -0.1) is 0 Å². The van der Waals surface area contributed by atoms with E-state index in [4.69, 9.17) is 0 Å². The first-order chi connectivity index (χ1) is 7.91. The lowest BCUT2D eigenvalue weighted by atomic mass is 10.2. The molecule has 0 aromatic carbocycles. The normalized spacial score (nSPS) is 12.4. The van der Waals surface area contributed by atoms with E-state index in [0.717, 1.165) is 19.3 Å². The topological polar surface area (TPSA) is 0 Å². The van der Waals surface area contributed by atoms with Crippen LogP contribution in [0.25, 0.3) is 0 Å². The largest absolute Gasteiger partial charge is 0.0885 e. The summed E-state index contributed by atoms with van der Waals surface area (Å²) in [6.07, 6.45) is 23.0. The Kier molecular flexibility index (Phi) is 13.5. The first-order valence-corrected chi connectivity index (χ1v) is 6.67. The lowest BCUT2D eigenvalue weighted by Gasteiger charge is -1.91. The zero-order valence-electron chi connectivity index (χ0n) is 10.8. The van der Waals surface area contributed by atoms with Gasteiger partial charge in [0.05, 0.1) is 0 Å². The maximum atomic E-state index is 3.79. The first kappa shape index (κ1) is 15.2. The quantitative estimate of drug-likeness (QED) is 0.254. The van der Waals surface area contributed by atoms with Gasteiger partial charge in [-0.1, -0.05) is 63.1 Å². The van der Waals surface area contributed by atoms with Crippen molar-refractivity contribution in [3.63, 3.8) is 0 Å². The van der Waals surface area contributed by atoms with Crippen molar-refractivity contribution in [2.24, 2.45) is 0 Å². The summed E-state index contributed by atoms with van der Waals surface area (Å²) < 4.78 is 0. The predicted octanol–water partition coefficient (Wildman–Crippen LogP) is 5.63. The molecule has 0 bridgehead atoms. The summed E-state index contributed by atoms with van der Waals surface area (Å²) in [7, 11) is 0. The number of hydrogen-bond acceptors (Lipinski definition) is 0. The van der Waals surface area contributed by atoms with Crippen molar-refractivity contribution in [1.29, 1.82) is 0 Å². The van der Waals surface area contributed by atoms with Gasteiger partial charge < -0.3 is 0 Å². The summed E-state index contributed by atoms with van der Waals surface area (Å²) in [6, 6.07) is 0. The maximum absolute atomic E-state index is 3.79. The molecule has 0 saturated heterocycles. The van der Waals surface area contributed by atoms with Gasteiger partial charge in [-0.05, 0) is 38.5 Å². The minimum Gasteiger partial charge on any atom is -0.0885 e. The third-order valence-corrected chi connectivity index (χ3v) is 2.40. The molecule has 91 valence electrons. The Morgan fingerprint density at radius 2 is 1.38 bits per heavy atom. The average molecular weight is 219 g/mol. The van der Waals surface area contributed by atoms with E-state index >= 15 is 0 Å². The van der Waals surface area contributed by atoms with Crippen molar-refractivity contribution < 1.29 is 0 Å². The predicted molar refractivity (Wildman–Crippen MR) is 75.4 cm³/mol. The molecule has 0 aliphatic carbocycles. The molecule has 0 amide bonds. The van der Waals surface area contributed by atoms with E-state index in [-0.39, 0.29) is 0 Å². The van der Waals surface area contributed by atoms with Gasteiger partial charge in [-0.2, -0.15) is 0 Å². The molecule has 0 atom stereocenters. The van der Waals surface area contributed by atoms with Crippen molar-refractivity contribution in [3.05, 3.63) is 43.4 Å². The van der Waals surface area contributed by atoms with Gasteiger partial charge >= 0.3 is 0 Å². The highest BCUT2D eigenvalue weighted by Crippen LogP contribution is 2.01. The van der Waals surface area contributed by atoms with E-state index in [9.17, 15) is 0 Å². The molecule has 0 heteroatoms. The van der Waals surface area contributed by atoms with Crippen LogP contribution in [0.2, 0.25) is 0 Å². The van der Waals surface area contributed by atoms with Crippen molar-refractivity contribution in [2.45, 2.75) is 58.3 Å². The zero-order chi connectivity index (χ0) is 11.9. The SMILES string of the molecule is [CH2]CC/C=C/C=C/CC/C=C\CCCCC. The van der Waals surface area contributed by atoms with Crippen molar-refractivity contribution in [1.82, 2.24) is 0 Å². The Balaban J connectivity index is 3.25. The number of rotatable bonds is 10. The fourth-order valence-corrected chi connectivity index (χ4v) is 1.41. The minimum atomic E-state index is 0.991. The van der Waals surface area contributed by atoms with Crippen molar-refractivity contribution in [2.75, 3.05) is 0 Å². The Bertz CT molecular complexity index is 196. The number of hydrogen-bond donors (Lipinski definition) is 0. The molecule has 0 aromatic rings. The van der Waals surface area contributed by atoms with Gasteiger partial charge in [-0.3, -0.25) is 0 Å². The standard InChI is InChI=1S/C16H27/c1-3-5-7-9-11-13-15-16-14-12-10-8-6-4-2/h7,9,11-14H,1,3-6,8,10,15-16H2,2H3/b9-7+,13-11+,14-12-. The van der Waals surface area contributed by atoms with Gasteiger partial charge in [0, 0.05) is 0 Å². The molecule has 0 fully saturated rings.